The molecule has 0 saturated heterocycles. The Kier molecular flexibility index (Phi) is 7.74. The second-order valence-corrected chi connectivity index (χ2v) is 11.2. The quantitative estimate of drug-likeness (QED) is 0.369. The Labute approximate surface area is 204 Å². The summed E-state index contributed by atoms with van der Waals surface area (Å²) in [7, 11) is 0. The molecule has 34 heavy (non-hydrogen) atoms. The van der Waals surface area contributed by atoms with Crippen molar-refractivity contribution in [2.24, 2.45) is 10.8 Å². The van der Waals surface area contributed by atoms with Crippen molar-refractivity contribution in [2.45, 2.75) is 86.6 Å². The molecule has 0 bridgehead atoms. The predicted octanol–water partition coefficient (Wildman–Crippen LogP) is 6.98. The van der Waals surface area contributed by atoms with Crippen LogP contribution in [0.5, 0.6) is 11.5 Å². The number of para-hydroxylation sites is 2. The van der Waals surface area contributed by atoms with Crippen LogP contribution in [0, 0.1) is 38.5 Å². The van der Waals surface area contributed by atoms with Gasteiger partial charge in [0.05, 0.1) is 0 Å². The maximum Gasteiger partial charge on any atom is 0.412 e. The van der Waals surface area contributed by atoms with Gasteiger partial charge in [-0.15, -0.1) is 0 Å². The standard InChI is InChI=1S/C29H39NO4/c1-19-10-8-11-20(2)25(19)33-24(31)14-15-29(7)17-23(16-28(5,6)18-29)30-27(32)34-26-21(3)12-9-13-22(26)4/h8-13,23H,14-18H2,1-7H3,(H,30,32). The van der Waals surface area contributed by atoms with E-state index in [1.807, 2.05) is 64.1 Å². The number of esters is 1. The Morgan fingerprint density at radius 2 is 1.35 bits per heavy atom. The first-order valence-corrected chi connectivity index (χ1v) is 12.2. The van der Waals surface area contributed by atoms with Gasteiger partial charge in [-0.05, 0) is 86.5 Å². The van der Waals surface area contributed by atoms with Crippen LogP contribution in [0.15, 0.2) is 36.4 Å². The van der Waals surface area contributed by atoms with Gasteiger partial charge in [0.15, 0.2) is 0 Å². The Morgan fingerprint density at radius 3 is 1.88 bits per heavy atom. The largest absolute Gasteiger partial charge is 0.426 e. The van der Waals surface area contributed by atoms with Crippen LogP contribution in [0.4, 0.5) is 4.79 Å². The molecule has 2 unspecified atom stereocenters. The first kappa shape index (κ1) is 25.8. The lowest BCUT2D eigenvalue weighted by Gasteiger charge is -2.46. The summed E-state index contributed by atoms with van der Waals surface area (Å²) in [6, 6.07) is 11.7. The molecular weight excluding hydrogens is 426 g/mol. The normalized spacial score (nSPS) is 21.6. The predicted molar refractivity (Wildman–Crippen MR) is 135 cm³/mol. The molecule has 1 aliphatic carbocycles. The minimum Gasteiger partial charge on any atom is -0.426 e. The molecule has 1 aliphatic rings. The Hall–Kier alpha value is -2.82. The molecule has 2 atom stereocenters. The van der Waals surface area contributed by atoms with Crippen molar-refractivity contribution in [3.63, 3.8) is 0 Å². The topological polar surface area (TPSA) is 64.6 Å². The highest BCUT2D eigenvalue weighted by atomic mass is 16.6. The van der Waals surface area contributed by atoms with Crippen LogP contribution in [-0.2, 0) is 4.79 Å². The highest BCUT2D eigenvalue weighted by Crippen LogP contribution is 2.48. The molecule has 2 aromatic rings. The first-order valence-electron chi connectivity index (χ1n) is 12.2. The van der Waals surface area contributed by atoms with E-state index in [2.05, 4.69) is 26.1 Å². The lowest BCUT2D eigenvalue weighted by atomic mass is 9.61. The van der Waals surface area contributed by atoms with Crippen LogP contribution in [0.3, 0.4) is 0 Å². The van der Waals surface area contributed by atoms with Crippen molar-refractivity contribution in [3.8, 4) is 11.5 Å². The maximum atomic E-state index is 12.7. The number of aryl methyl sites for hydroxylation is 4. The van der Waals surface area contributed by atoms with Crippen molar-refractivity contribution in [1.82, 2.24) is 5.32 Å². The third-order valence-electron chi connectivity index (χ3n) is 6.93. The third kappa shape index (κ3) is 6.62. The van der Waals surface area contributed by atoms with E-state index >= 15 is 0 Å². The fourth-order valence-corrected chi connectivity index (χ4v) is 5.70. The van der Waals surface area contributed by atoms with Crippen LogP contribution in [0.2, 0.25) is 0 Å². The number of ether oxygens (including phenoxy) is 2. The minimum absolute atomic E-state index is 0.0137. The van der Waals surface area contributed by atoms with Crippen LogP contribution in [0.1, 0.15) is 75.1 Å². The Bertz CT molecular complexity index is 1020. The summed E-state index contributed by atoms with van der Waals surface area (Å²) in [6.45, 7) is 14.5. The van der Waals surface area contributed by atoms with Gasteiger partial charge in [-0.25, -0.2) is 4.79 Å². The average Bonchev–Trinajstić information content (AvgIpc) is 2.71. The van der Waals surface area contributed by atoms with Gasteiger partial charge >= 0.3 is 12.1 Å². The van der Waals surface area contributed by atoms with Crippen LogP contribution >= 0.6 is 0 Å². The molecule has 2 aromatic carbocycles. The number of carbonyl (C=O) groups excluding carboxylic acids is 2. The van der Waals surface area contributed by atoms with E-state index in [1.54, 1.807) is 0 Å². The van der Waals surface area contributed by atoms with Gasteiger partial charge in [-0.1, -0.05) is 57.2 Å². The summed E-state index contributed by atoms with van der Waals surface area (Å²) in [5.74, 6) is 1.07. The van der Waals surface area contributed by atoms with E-state index in [0.29, 0.717) is 24.3 Å². The zero-order valence-corrected chi connectivity index (χ0v) is 21.7. The zero-order chi connectivity index (χ0) is 25.1. The summed E-state index contributed by atoms with van der Waals surface area (Å²) in [6.07, 6.45) is 3.30. The van der Waals surface area contributed by atoms with E-state index in [4.69, 9.17) is 9.47 Å². The van der Waals surface area contributed by atoms with Crippen molar-refractivity contribution < 1.29 is 19.1 Å². The summed E-state index contributed by atoms with van der Waals surface area (Å²) in [5.41, 5.74) is 3.76. The minimum atomic E-state index is -0.420. The average molecular weight is 466 g/mol. The number of amides is 1. The summed E-state index contributed by atoms with van der Waals surface area (Å²) in [4.78, 5) is 25.4. The first-order chi connectivity index (χ1) is 15.9. The number of rotatable bonds is 6. The maximum absolute atomic E-state index is 12.7. The fraction of sp³-hybridized carbons (Fsp3) is 0.517. The summed E-state index contributed by atoms with van der Waals surface area (Å²) in [5, 5.41) is 3.10. The molecule has 0 aliphatic heterocycles. The molecule has 0 spiro atoms. The molecule has 1 N–H and O–H groups in total. The van der Waals surface area contributed by atoms with Crippen molar-refractivity contribution in [3.05, 3.63) is 58.7 Å². The molecule has 0 aromatic heterocycles. The van der Waals surface area contributed by atoms with Gasteiger partial charge < -0.3 is 14.8 Å². The van der Waals surface area contributed by atoms with Crippen LogP contribution < -0.4 is 14.8 Å². The molecule has 184 valence electrons. The molecule has 0 radical (unpaired) electrons. The van der Waals surface area contributed by atoms with E-state index in [-0.39, 0.29) is 22.8 Å². The Balaban J connectivity index is 1.62. The summed E-state index contributed by atoms with van der Waals surface area (Å²) < 4.78 is 11.4. The van der Waals surface area contributed by atoms with E-state index in [0.717, 1.165) is 41.5 Å². The van der Waals surface area contributed by atoms with Crippen LogP contribution in [0.25, 0.3) is 0 Å². The SMILES string of the molecule is Cc1cccc(C)c1OC(=O)CCC1(C)CC(NC(=O)Oc2c(C)cccc2C)CC(C)(C)C1. The number of hydrogen-bond acceptors (Lipinski definition) is 4. The van der Waals surface area contributed by atoms with Gasteiger partial charge in [0, 0.05) is 12.5 Å². The summed E-state index contributed by atoms with van der Waals surface area (Å²) >= 11 is 0. The van der Waals surface area contributed by atoms with Gasteiger partial charge in [0.25, 0.3) is 0 Å². The molecule has 1 saturated carbocycles. The number of benzene rings is 2. The van der Waals surface area contributed by atoms with Crippen molar-refractivity contribution in [1.29, 1.82) is 0 Å². The molecular formula is C29H39NO4. The number of nitrogens with one attached hydrogen (secondary N) is 1. The smallest absolute Gasteiger partial charge is 0.412 e. The second kappa shape index (κ2) is 10.2. The molecule has 5 heteroatoms. The zero-order valence-electron chi connectivity index (χ0n) is 21.7. The molecule has 1 amide bonds. The lowest BCUT2D eigenvalue weighted by Crippen LogP contribution is -2.47. The second-order valence-electron chi connectivity index (χ2n) is 11.2. The van der Waals surface area contributed by atoms with E-state index in [9.17, 15) is 9.59 Å². The monoisotopic (exact) mass is 465 g/mol. The molecule has 1 fully saturated rings. The van der Waals surface area contributed by atoms with Gasteiger partial charge in [0.1, 0.15) is 11.5 Å². The van der Waals surface area contributed by atoms with Gasteiger partial charge in [-0.2, -0.15) is 0 Å². The Morgan fingerprint density at radius 1 is 0.853 bits per heavy atom. The van der Waals surface area contributed by atoms with E-state index < -0.39 is 6.09 Å². The third-order valence-corrected chi connectivity index (χ3v) is 6.93. The highest BCUT2D eigenvalue weighted by molar-refractivity contribution is 5.73. The molecule has 3 rings (SSSR count). The number of hydrogen-bond donors (Lipinski definition) is 1. The lowest BCUT2D eigenvalue weighted by molar-refractivity contribution is -0.135. The van der Waals surface area contributed by atoms with Gasteiger partial charge in [0.2, 0.25) is 0 Å². The van der Waals surface area contributed by atoms with Gasteiger partial charge in [-0.3, -0.25) is 4.79 Å². The highest BCUT2D eigenvalue weighted by Gasteiger charge is 2.42. The molecule has 5 nitrogen and oxygen atoms in total. The molecule has 0 heterocycles. The number of carbonyl (C=O) groups is 2. The fourth-order valence-electron chi connectivity index (χ4n) is 5.70. The van der Waals surface area contributed by atoms with E-state index in [1.165, 1.54) is 0 Å². The van der Waals surface area contributed by atoms with Crippen LogP contribution in [-0.4, -0.2) is 18.1 Å². The van der Waals surface area contributed by atoms with Crippen molar-refractivity contribution >= 4 is 12.1 Å². The van der Waals surface area contributed by atoms with Crippen molar-refractivity contribution in [2.75, 3.05) is 0 Å².